The second-order valence-electron chi connectivity index (χ2n) is 3.41. The number of fused-ring (bicyclic) bond motifs is 1. The van der Waals surface area contributed by atoms with Gasteiger partial charge >= 0.3 is 5.56 Å². The molecule has 0 aromatic carbocycles. The molecule has 0 aliphatic carbocycles. The number of nitrogens with two attached hydrogens (primary N) is 1. The van der Waals surface area contributed by atoms with E-state index >= 15 is 0 Å². The minimum atomic E-state index is -0.231. The number of hydrogen-bond donors (Lipinski definition) is 2. The highest BCUT2D eigenvalue weighted by Crippen LogP contribution is 2.29. The van der Waals surface area contributed by atoms with Gasteiger partial charge in [0.1, 0.15) is 0 Å². The van der Waals surface area contributed by atoms with E-state index in [-0.39, 0.29) is 11.5 Å². The number of hydrogen-bond acceptors (Lipinski definition) is 4. The largest absolute Gasteiger partial charge is 0.369 e. The molecule has 2 rings (SSSR count). The lowest BCUT2D eigenvalue weighted by Gasteiger charge is -2.16. The summed E-state index contributed by atoms with van der Waals surface area (Å²) < 4.78 is 0.304. The summed E-state index contributed by atoms with van der Waals surface area (Å²) in [7, 11) is 3.70. The molecule has 1 aromatic rings. The maximum atomic E-state index is 11.5. The fraction of sp³-hybridized carbons (Fsp3) is 0.286. The number of quaternary nitrogens is 1. The molecule has 0 saturated heterocycles. The smallest absolute Gasteiger partial charge is 0.316 e. The van der Waals surface area contributed by atoms with Crippen molar-refractivity contribution in [3.05, 3.63) is 10.4 Å². The van der Waals surface area contributed by atoms with E-state index in [1.54, 1.807) is 6.34 Å². The third-order valence-electron chi connectivity index (χ3n) is 1.94. The Morgan fingerprint density at radius 3 is 2.92 bits per heavy atom. The van der Waals surface area contributed by atoms with E-state index in [0.717, 1.165) is 0 Å². The Labute approximate surface area is 74.3 Å². The van der Waals surface area contributed by atoms with Crippen LogP contribution in [-0.4, -0.2) is 30.4 Å². The van der Waals surface area contributed by atoms with E-state index in [9.17, 15) is 4.79 Å². The van der Waals surface area contributed by atoms with Crippen molar-refractivity contribution in [2.75, 3.05) is 19.8 Å². The van der Waals surface area contributed by atoms with Crippen LogP contribution in [0.5, 0.6) is 0 Å². The fourth-order valence-electron chi connectivity index (χ4n) is 1.34. The quantitative estimate of drug-likeness (QED) is 0.532. The SMILES string of the molecule is C[N+]1(C)C=Nc2nc(N)[nH]c(=O)c21. The van der Waals surface area contributed by atoms with Crippen molar-refractivity contribution in [2.24, 2.45) is 4.99 Å². The molecule has 6 nitrogen and oxygen atoms in total. The van der Waals surface area contributed by atoms with Gasteiger partial charge in [0.15, 0.2) is 6.34 Å². The van der Waals surface area contributed by atoms with Gasteiger partial charge < -0.3 is 5.73 Å². The number of nitrogens with zero attached hydrogens (tertiary/aromatic N) is 3. The topological polar surface area (TPSA) is 84.1 Å². The summed E-state index contributed by atoms with van der Waals surface area (Å²) in [4.78, 5) is 21.8. The molecule has 0 fully saturated rings. The lowest BCUT2D eigenvalue weighted by molar-refractivity contribution is 0.617. The lowest BCUT2D eigenvalue weighted by atomic mass is 10.4. The molecule has 1 aliphatic heterocycles. The number of nitrogens with one attached hydrogen (secondary N) is 1. The van der Waals surface area contributed by atoms with Crippen LogP contribution >= 0.6 is 0 Å². The standard InChI is InChI=1S/C7H9N5O/c1-12(2)3-9-5-4(12)6(13)11-7(8)10-5/h3H,1-2H3,(H2-,8,10,11,13)/p+1. The van der Waals surface area contributed by atoms with Gasteiger partial charge in [-0.25, -0.2) is 4.48 Å². The summed E-state index contributed by atoms with van der Waals surface area (Å²) in [6.07, 6.45) is 1.65. The van der Waals surface area contributed by atoms with E-state index in [2.05, 4.69) is 15.0 Å². The third kappa shape index (κ3) is 1.03. The fourth-order valence-corrected chi connectivity index (χ4v) is 1.34. The summed E-state index contributed by atoms with van der Waals surface area (Å²) in [5, 5.41) is 0. The molecule has 3 N–H and O–H groups in total. The average molecular weight is 180 g/mol. The average Bonchev–Trinajstić information content (AvgIpc) is 2.26. The predicted molar refractivity (Wildman–Crippen MR) is 51.1 cm³/mol. The number of rotatable bonds is 0. The van der Waals surface area contributed by atoms with E-state index in [1.165, 1.54) is 0 Å². The number of anilines is 1. The zero-order valence-corrected chi connectivity index (χ0v) is 7.40. The molecule has 0 amide bonds. The van der Waals surface area contributed by atoms with Gasteiger partial charge in [-0.3, -0.25) is 9.78 Å². The second-order valence-corrected chi connectivity index (χ2v) is 3.41. The number of aliphatic imine (C=N–C) groups is 1. The number of aromatic nitrogens is 2. The number of aromatic amines is 1. The van der Waals surface area contributed by atoms with E-state index < -0.39 is 0 Å². The first-order valence-corrected chi connectivity index (χ1v) is 3.80. The predicted octanol–water partition coefficient (Wildman–Crippen LogP) is -0.408. The van der Waals surface area contributed by atoms with Gasteiger partial charge in [-0.05, 0) is 0 Å². The number of H-pyrrole nitrogens is 1. The summed E-state index contributed by atoms with van der Waals surface area (Å²) in [6, 6.07) is 0. The van der Waals surface area contributed by atoms with Gasteiger partial charge in [0.2, 0.25) is 17.5 Å². The van der Waals surface area contributed by atoms with Crippen LogP contribution < -0.4 is 15.8 Å². The van der Waals surface area contributed by atoms with Crippen molar-refractivity contribution in [1.82, 2.24) is 14.5 Å². The Balaban J connectivity index is 2.79. The molecule has 1 aromatic heterocycles. The Bertz CT molecular complexity index is 445. The second kappa shape index (κ2) is 2.17. The van der Waals surface area contributed by atoms with E-state index in [0.29, 0.717) is 16.0 Å². The summed E-state index contributed by atoms with van der Waals surface area (Å²) in [5.74, 6) is 0.508. The minimum absolute atomic E-state index is 0.0998. The number of nitrogen functional groups attached to an aromatic ring is 1. The van der Waals surface area contributed by atoms with Crippen molar-refractivity contribution in [2.45, 2.75) is 0 Å². The van der Waals surface area contributed by atoms with Gasteiger partial charge in [-0.2, -0.15) is 9.98 Å². The van der Waals surface area contributed by atoms with E-state index in [4.69, 9.17) is 5.73 Å². The van der Waals surface area contributed by atoms with E-state index in [1.807, 2.05) is 14.1 Å². The Hall–Kier alpha value is -1.69. The maximum Gasteiger partial charge on any atom is 0.316 e. The molecule has 0 unspecified atom stereocenters. The van der Waals surface area contributed by atoms with Crippen molar-refractivity contribution < 1.29 is 0 Å². The van der Waals surface area contributed by atoms with Gasteiger partial charge in [0, 0.05) is 0 Å². The lowest BCUT2D eigenvalue weighted by Crippen LogP contribution is -2.40. The molecule has 13 heavy (non-hydrogen) atoms. The van der Waals surface area contributed by atoms with Crippen LogP contribution in [0.3, 0.4) is 0 Å². The Morgan fingerprint density at radius 1 is 1.54 bits per heavy atom. The zero-order chi connectivity index (χ0) is 9.64. The molecule has 68 valence electrons. The van der Waals surface area contributed by atoms with Crippen LogP contribution in [0.15, 0.2) is 9.79 Å². The van der Waals surface area contributed by atoms with Crippen molar-refractivity contribution >= 4 is 23.8 Å². The summed E-state index contributed by atoms with van der Waals surface area (Å²) >= 11 is 0. The Morgan fingerprint density at radius 2 is 2.23 bits per heavy atom. The first-order chi connectivity index (χ1) is 6.00. The van der Waals surface area contributed by atoms with Crippen LogP contribution in [0.2, 0.25) is 0 Å². The highest BCUT2D eigenvalue weighted by Gasteiger charge is 2.32. The first kappa shape index (κ1) is 7.93. The van der Waals surface area contributed by atoms with Crippen LogP contribution in [-0.2, 0) is 0 Å². The summed E-state index contributed by atoms with van der Waals surface area (Å²) in [5.41, 5.74) is 5.66. The van der Waals surface area contributed by atoms with Crippen molar-refractivity contribution in [1.29, 1.82) is 0 Å². The normalized spacial score (nSPS) is 17.4. The monoisotopic (exact) mass is 180 g/mol. The van der Waals surface area contributed by atoms with Crippen molar-refractivity contribution in [3.63, 3.8) is 0 Å². The molecule has 2 heterocycles. The summed E-state index contributed by atoms with van der Waals surface area (Å²) in [6.45, 7) is 0. The molecule has 0 spiro atoms. The van der Waals surface area contributed by atoms with Gasteiger partial charge in [-0.15, -0.1) is 0 Å². The molecule has 1 aliphatic rings. The first-order valence-electron chi connectivity index (χ1n) is 3.80. The molecule has 0 atom stereocenters. The van der Waals surface area contributed by atoms with Gasteiger partial charge in [0.05, 0.1) is 14.1 Å². The highest BCUT2D eigenvalue weighted by molar-refractivity contribution is 5.85. The molecular formula is C7H10N5O+. The van der Waals surface area contributed by atoms with Crippen LogP contribution in [0, 0.1) is 0 Å². The van der Waals surface area contributed by atoms with Gasteiger partial charge in [0.25, 0.3) is 0 Å². The Kier molecular flexibility index (Phi) is 1.32. The van der Waals surface area contributed by atoms with Crippen LogP contribution in [0.1, 0.15) is 0 Å². The molecule has 0 radical (unpaired) electrons. The highest BCUT2D eigenvalue weighted by atomic mass is 16.1. The third-order valence-corrected chi connectivity index (χ3v) is 1.94. The van der Waals surface area contributed by atoms with Gasteiger partial charge in [-0.1, -0.05) is 0 Å². The molecule has 0 saturated carbocycles. The van der Waals surface area contributed by atoms with Crippen molar-refractivity contribution in [3.8, 4) is 0 Å². The minimum Gasteiger partial charge on any atom is -0.369 e. The zero-order valence-electron chi connectivity index (χ0n) is 7.40. The molecular weight excluding hydrogens is 170 g/mol. The van der Waals surface area contributed by atoms with Crippen LogP contribution in [0.4, 0.5) is 17.5 Å². The van der Waals surface area contributed by atoms with Crippen LogP contribution in [0.25, 0.3) is 0 Å². The molecule has 0 bridgehead atoms. The molecule has 6 heteroatoms. The maximum absolute atomic E-state index is 11.5.